The topological polar surface area (TPSA) is 62.2 Å². The van der Waals surface area contributed by atoms with E-state index in [9.17, 15) is 9.90 Å². The van der Waals surface area contributed by atoms with Gasteiger partial charge in [0.05, 0.1) is 12.0 Å². The second kappa shape index (κ2) is 5.60. The Morgan fingerprint density at radius 2 is 2.47 bits per heavy atom. The summed E-state index contributed by atoms with van der Waals surface area (Å²) in [6, 6.07) is 0. The molecule has 0 bridgehead atoms. The van der Waals surface area contributed by atoms with Gasteiger partial charge in [0.1, 0.15) is 0 Å². The number of aliphatic hydroxyl groups excluding tert-OH is 1. The summed E-state index contributed by atoms with van der Waals surface area (Å²) < 4.78 is 0. The molecule has 0 aromatic carbocycles. The lowest BCUT2D eigenvalue weighted by Crippen LogP contribution is -2.28. The largest absolute Gasteiger partial charge is 0.392 e. The van der Waals surface area contributed by atoms with Gasteiger partial charge in [0, 0.05) is 11.1 Å². The van der Waals surface area contributed by atoms with Gasteiger partial charge in [-0.25, -0.2) is 4.98 Å². The number of carbonyl (C=O) groups excluding carboxylic acids is 1. The van der Waals surface area contributed by atoms with Crippen molar-refractivity contribution in [1.29, 1.82) is 0 Å². The fourth-order valence-corrected chi connectivity index (χ4v) is 3.09. The Hall–Kier alpha value is -0.940. The summed E-state index contributed by atoms with van der Waals surface area (Å²) in [6.07, 6.45) is 5.85. The number of nitrogens with one attached hydrogen (secondary N) is 1. The third-order valence-electron chi connectivity index (χ3n) is 3.10. The number of thiazole rings is 1. The minimum absolute atomic E-state index is 0.0904. The Morgan fingerprint density at radius 1 is 1.65 bits per heavy atom. The maximum atomic E-state index is 11.9. The molecule has 2 rings (SSSR count). The van der Waals surface area contributed by atoms with Crippen molar-refractivity contribution < 1.29 is 9.90 Å². The molecule has 2 N–H and O–H groups in total. The normalized spacial score (nSPS) is 23.9. The number of aromatic nitrogens is 1. The van der Waals surface area contributed by atoms with Gasteiger partial charge < -0.3 is 10.4 Å². The number of hydrogen-bond acceptors (Lipinski definition) is 4. The van der Waals surface area contributed by atoms with Crippen molar-refractivity contribution in [3.8, 4) is 0 Å². The molecule has 1 heterocycles. The standard InChI is InChI=1S/C12H18N2O2S/c1-2-4-8-7-13-12(17-8)14-11(16)9-5-3-6-10(9)15/h7,9-10,15H,2-6H2,1H3,(H,13,14,16). The maximum absolute atomic E-state index is 11.9. The summed E-state index contributed by atoms with van der Waals surface area (Å²) in [6.45, 7) is 2.12. The lowest BCUT2D eigenvalue weighted by Gasteiger charge is -2.12. The molecule has 1 aliphatic rings. The first-order chi connectivity index (χ1) is 8.20. The zero-order valence-corrected chi connectivity index (χ0v) is 10.8. The number of nitrogens with zero attached hydrogens (tertiary/aromatic N) is 1. The molecule has 94 valence electrons. The van der Waals surface area contributed by atoms with E-state index in [1.807, 2.05) is 6.20 Å². The predicted octanol–water partition coefficient (Wildman–Crippen LogP) is 2.20. The Labute approximate surface area is 105 Å². The highest BCUT2D eigenvalue weighted by Crippen LogP contribution is 2.27. The first-order valence-corrected chi connectivity index (χ1v) is 6.96. The van der Waals surface area contributed by atoms with Crippen molar-refractivity contribution in [1.82, 2.24) is 4.98 Å². The first-order valence-electron chi connectivity index (χ1n) is 6.14. The lowest BCUT2D eigenvalue weighted by molar-refractivity contribution is -0.122. The maximum Gasteiger partial charge on any atom is 0.231 e. The molecule has 0 radical (unpaired) electrons. The highest BCUT2D eigenvalue weighted by Gasteiger charge is 2.31. The monoisotopic (exact) mass is 254 g/mol. The van der Waals surface area contributed by atoms with Crippen molar-refractivity contribution in [2.75, 3.05) is 5.32 Å². The molecule has 4 nitrogen and oxygen atoms in total. The number of rotatable bonds is 4. The summed E-state index contributed by atoms with van der Waals surface area (Å²) >= 11 is 1.52. The number of amides is 1. The van der Waals surface area contributed by atoms with Crippen molar-refractivity contribution in [3.63, 3.8) is 0 Å². The predicted molar refractivity (Wildman–Crippen MR) is 68.1 cm³/mol. The van der Waals surface area contributed by atoms with Crippen LogP contribution in [0.15, 0.2) is 6.20 Å². The van der Waals surface area contributed by atoms with Crippen LogP contribution in [0.5, 0.6) is 0 Å². The number of aryl methyl sites for hydroxylation is 1. The van der Waals surface area contributed by atoms with Gasteiger partial charge in [-0.05, 0) is 25.7 Å². The van der Waals surface area contributed by atoms with Crippen molar-refractivity contribution in [2.24, 2.45) is 5.92 Å². The van der Waals surface area contributed by atoms with E-state index < -0.39 is 6.10 Å². The van der Waals surface area contributed by atoms with Crippen LogP contribution in [0.25, 0.3) is 0 Å². The van der Waals surface area contributed by atoms with Gasteiger partial charge in [0.2, 0.25) is 5.91 Å². The molecule has 17 heavy (non-hydrogen) atoms. The second-order valence-electron chi connectivity index (χ2n) is 4.48. The van der Waals surface area contributed by atoms with Crippen LogP contribution in [0.1, 0.15) is 37.5 Å². The fourth-order valence-electron chi connectivity index (χ4n) is 2.17. The highest BCUT2D eigenvalue weighted by atomic mass is 32.1. The molecule has 1 aliphatic carbocycles. The van der Waals surface area contributed by atoms with Crippen LogP contribution in [0.3, 0.4) is 0 Å². The summed E-state index contributed by atoms with van der Waals surface area (Å²) in [4.78, 5) is 17.3. The van der Waals surface area contributed by atoms with Crippen molar-refractivity contribution in [3.05, 3.63) is 11.1 Å². The van der Waals surface area contributed by atoms with Crippen LogP contribution in [-0.4, -0.2) is 22.1 Å². The van der Waals surface area contributed by atoms with E-state index in [-0.39, 0.29) is 11.8 Å². The number of aliphatic hydroxyl groups is 1. The smallest absolute Gasteiger partial charge is 0.231 e. The Balaban J connectivity index is 1.93. The molecule has 1 amide bonds. The van der Waals surface area contributed by atoms with E-state index in [0.717, 1.165) is 32.1 Å². The summed E-state index contributed by atoms with van der Waals surface area (Å²) in [5.41, 5.74) is 0. The van der Waals surface area contributed by atoms with Gasteiger partial charge in [-0.1, -0.05) is 13.3 Å². The number of hydrogen-bond donors (Lipinski definition) is 2. The minimum atomic E-state index is -0.481. The number of anilines is 1. The highest BCUT2D eigenvalue weighted by molar-refractivity contribution is 7.15. The molecule has 1 aromatic heterocycles. The quantitative estimate of drug-likeness (QED) is 0.865. The average Bonchev–Trinajstić information content (AvgIpc) is 2.88. The molecule has 5 heteroatoms. The van der Waals surface area contributed by atoms with Crippen LogP contribution in [0.2, 0.25) is 0 Å². The Kier molecular flexibility index (Phi) is 4.12. The Morgan fingerprint density at radius 3 is 3.12 bits per heavy atom. The van der Waals surface area contributed by atoms with Crippen LogP contribution < -0.4 is 5.32 Å². The van der Waals surface area contributed by atoms with Gasteiger partial charge in [-0.2, -0.15) is 0 Å². The molecule has 0 aliphatic heterocycles. The number of carbonyl (C=O) groups is 1. The van der Waals surface area contributed by atoms with Gasteiger partial charge in [-0.15, -0.1) is 11.3 Å². The SMILES string of the molecule is CCCc1cnc(NC(=O)C2CCCC2O)s1. The fraction of sp³-hybridized carbons (Fsp3) is 0.667. The molecule has 1 saturated carbocycles. The molecule has 0 spiro atoms. The molecule has 1 aromatic rings. The van der Waals surface area contributed by atoms with Crippen molar-refractivity contribution >= 4 is 22.4 Å². The summed E-state index contributed by atoms with van der Waals surface area (Å²) in [5.74, 6) is -0.346. The van der Waals surface area contributed by atoms with E-state index in [4.69, 9.17) is 0 Å². The second-order valence-corrected chi connectivity index (χ2v) is 5.59. The summed E-state index contributed by atoms with van der Waals surface area (Å²) in [7, 11) is 0. The third-order valence-corrected chi connectivity index (χ3v) is 4.07. The van der Waals surface area contributed by atoms with Gasteiger partial charge >= 0.3 is 0 Å². The third kappa shape index (κ3) is 3.04. The van der Waals surface area contributed by atoms with E-state index in [2.05, 4.69) is 17.2 Å². The zero-order valence-electron chi connectivity index (χ0n) is 9.98. The van der Waals surface area contributed by atoms with Crippen LogP contribution in [0.4, 0.5) is 5.13 Å². The molecule has 2 atom stereocenters. The first kappa shape index (κ1) is 12.5. The van der Waals surface area contributed by atoms with Gasteiger partial charge in [-0.3, -0.25) is 4.79 Å². The molecular formula is C12H18N2O2S. The van der Waals surface area contributed by atoms with Crippen molar-refractivity contribution in [2.45, 2.75) is 45.1 Å². The van der Waals surface area contributed by atoms with Crippen LogP contribution in [0, 0.1) is 5.92 Å². The van der Waals surface area contributed by atoms with E-state index in [1.165, 1.54) is 16.2 Å². The lowest BCUT2D eigenvalue weighted by atomic mass is 10.1. The molecule has 0 saturated heterocycles. The van der Waals surface area contributed by atoms with Gasteiger partial charge in [0.25, 0.3) is 0 Å². The molecule has 2 unspecified atom stereocenters. The molecule has 1 fully saturated rings. The van der Waals surface area contributed by atoms with E-state index in [0.29, 0.717) is 5.13 Å². The zero-order chi connectivity index (χ0) is 12.3. The van der Waals surface area contributed by atoms with Gasteiger partial charge in [0.15, 0.2) is 5.13 Å². The summed E-state index contributed by atoms with van der Waals surface area (Å²) in [5, 5.41) is 13.1. The minimum Gasteiger partial charge on any atom is -0.392 e. The average molecular weight is 254 g/mol. The Bertz CT molecular complexity index is 392. The van der Waals surface area contributed by atoms with E-state index >= 15 is 0 Å². The van der Waals surface area contributed by atoms with Crippen LogP contribution >= 0.6 is 11.3 Å². The molecular weight excluding hydrogens is 236 g/mol. The van der Waals surface area contributed by atoms with E-state index in [1.54, 1.807) is 0 Å². The van der Waals surface area contributed by atoms with Crippen LogP contribution in [-0.2, 0) is 11.2 Å².